The van der Waals surface area contributed by atoms with Crippen molar-refractivity contribution >= 4 is 64.8 Å². The molecular weight excluding hydrogens is 1130 g/mol. The highest BCUT2D eigenvalue weighted by atomic mass is 16.6. The summed E-state index contributed by atoms with van der Waals surface area (Å²) in [5.74, 6) is -10.3. The first-order valence-electron chi connectivity index (χ1n) is 29.2. The van der Waals surface area contributed by atoms with E-state index in [0.717, 1.165) is 18.7 Å². The Morgan fingerprint density at radius 2 is 1.32 bits per heavy atom. The van der Waals surface area contributed by atoms with Crippen LogP contribution < -0.4 is 5.43 Å². The molecule has 462 valence electrons. The molecule has 5 aliphatic rings. The Hall–Kier alpha value is -8.79. The fourth-order valence-electron chi connectivity index (χ4n) is 13.2. The Morgan fingerprint density at radius 1 is 0.727 bits per heavy atom. The van der Waals surface area contributed by atoms with Crippen LogP contribution in [0.3, 0.4) is 0 Å². The number of ketones is 2. The zero-order chi connectivity index (χ0) is 63.5. The van der Waals surface area contributed by atoms with E-state index in [1.54, 1.807) is 112 Å². The lowest BCUT2D eigenvalue weighted by atomic mass is 9.44. The van der Waals surface area contributed by atoms with E-state index in [0.29, 0.717) is 36.1 Å². The van der Waals surface area contributed by atoms with Crippen molar-refractivity contribution in [3.05, 3.63) is 166 Å². The predicted octanol–water partition coefficient (Wildman–Crippen LogP) is 6.81. The highest BCUT2D eigenvalue weighted by Gasteiger charge is 2.78. The number of fused-ring (bicyclic) bond motifs is 5. The van der Waals surface area contributed by atoms with Crippen LogP contribution in [0.4, 0.5) is 0 Å². The largest absolute Gasteiger partial charge is 0.455 e. The molecule has 1 saturated heterocycles. The van der Waals surface area contributed by atoms with Crippen LogP contribution in [0, 0.1) is 16.7 Å². The van der Waals surface area contributed by atoms with Gasteiger partial charge in [-0.15, -0.1) is 0 Å². The highest BCUT2D eigenvalue weighted by Crippen LogP contribution is 2.64. The van der Waals surface area contributed by atoms with Gasteiger partial charge in [0.2, 0.25) is 12.0 Å². The number of carbonyl (C=O) groups excluding carboxylic acids is 10. The van der Waals surface area contributed by atoms with Crippen LogP contribution in [0.1, 0.15) is 142 Å². The molecular formula is C67H71N3O18. The van der Waals surface area contributed by atoms with Crippen molar-refractivity contribution in [2.45, 2.75) is 147 Å². The number of carbonyl (C=O) groups is 10. The summed E-state index contributed by atoms with van der Waals surface area (Å²) in [4.78, 5) is 139. The molecule has 0 radical (unpaired) electrons. The van der Waals surface area contributed by atoms with Gasteiger partial charge in [0.05, 0.1) is 40.9 Å². The minimum Gasteiger partial charge on any atom is -0.455 e. The second kappa shape index (κ2) is 25.9. The maximum atomic E-state index is 15.9. The van der Waals surface area contributed by atoms with Crippen molar-refractivity contribution in [1.29, 1.82) is 0 Å². The van der Waals surface area contributed by atoms with E-state index in [2.05, 4.69) is 10.5 Å². The molecule has 2 heterocycles. The molecule has 2 saturated carbocycles. The average Bonchev–Trinajstić information content (AvgIpc) is 0.677. The molecule has 88 heavy (non-hydrogen) atoms. The number of rotatable bonds is 21. The van der Waals surface area contributed by atoms with Gasteiger partial charge in [-0.25, -0.2) is 19.8 Å². The molecule has 0 aromatic heterocycles. The summed E-state index contributed by atoms with van der Waals surface area (Å²) >= 11 is 0. The number of hydrazone groups is 1. The van der Waals surface area contributed by atoms with Crippen LogP contribution in [0.15, 0.2) is 144 Å². The molecule has 9 rings (SSSR count). The Balaban J connectivity index is 1.08. The van der Waals surface area contributed by atoms with Gasteiger partial charge in [-0.3, -0.25) is 38.5 Å². The van der Waals surface area contributed by atoms with Gasteiger partial charge in [0.25, 0.3) is 11.8 Å². The maximum Gasteiger partial charge on any atom is 0.348 e. The van der Waals surface area contributed by atoms with E-state index < -0.39 is 125 Å². The minimum atomic E-state index is -2.51. The summed E-state index contributed by atoms with van der Waals surface area (Å²) in [7, 11) is 0. The molecule has 3 amide bonds. The number of aliphatic hydroxyl groups excluding tert-OH is 1. The molecule has 4 aromatic rings. The van der Waals surface area contributed by atoms with Gasteiger partial charge in [-0.1, -0.05) is 111 Å². The smallest absolute Gasteiger partial charge is 0.348 e. The maximum absolute atomic E-state index is 15.9. The first kappa shape index (κ1) is 63.7. The third kappa shape index (κ3) is 12.4. The number of unbranched alkanes of at least 4 members (excludes halogenated alkanes) is 2. The van der Waals surface area contributed by atoms with Crippen LogP contribution >= 0.6 is 0 Å². The molecule has 0 spiro atoms. The van der Waals surface area contributed by atoms with Gasteiger partial charge >= 0.3 is 29.8 Å². The fraction of sp³-hybridized carbons (Fsp3) is 0.418. The number of hydrogen-bond acceptors (Lipinski definition) is 19. The quantitative estimate of drug-likeness (QED) is 0.0113. The van der Waals surface area contributed by atoms with Gasteiger partial charge in [0, 0.05) is 75.1 Å². The Bertz CT molecular complexity index is 3470. The van der Waals surface area contributed by atoms with Gasteiger partial charge in [0.1, 0.15) is 23.9 Å². The van der Waals surface area contributed by atoms with Crippen LogP contribution in [-0.4, -0.2) is 141 Å². The first-order valence-corrected chi connectivity index (χ1v) is 29.2. The summed E-state index contributed by atoms with van der Waals surface area (Å²) in [5.41, 5.74) is -4.19. The van der Waals surface area contributed by atoms with Crippen molar-refractivity contribution in [2.24, 2.45) is 21.8 Å². The highest BCUT2D eigenvalue weighted by molar-refractivity contribution is 6.13. The molecule has 21 heteroatoms. The second-order valence-corrected chi connectivity index (χ2v) is 23.8. The standard InChI is InChI=1S/C67H71N3O18/c1-38-49(36-67(82)60(87-62(80)45-24-16-10-17-25-45)58-65(7,50(74)35-51-66(58,37-83-51)88-41(4)72)59(78)57(84-40(3)71)55(38)64(67,5)6)85-63(81)56(47(43-20-12-8-13-21-43)34-48(73)44-22-14-9-15-23-44)86-61(79)46-29-27-42(28-30-46)39(2)68-69-52(75)26-18-11-19-33-70-53(76)31-32-54(70)77/h8-10,12-17,20-25,27-32,47,49-51,56-58,60,74,82H,11,18-19,26,33-37H2,1-7H3,(H,69,75)/b68-39+/t47-,49-,50-,51+,56+,57+,58?,60?,65+,66-,67+/m1/s1. The number of ether oxygens (including phenoxy) is 6. The van der Waals surface area contributed by atoms with Gasteiger partial charge in [-0.2, -0.15) is 5.10 Å². The summed E-state index contributed by atoms with van der Waals surface area (Å²) in [6.07, 6.45) is -7.28. The monoisotopic (exact) mass is 1210 g/mol. The molecule has 21 nitrogen and oxygen atoms in total. The molecule has 4 aromatic carbocycles. The summed E-state index contributed by atoms with van der Waals surface area (Å²) in [6, 6.07) is 30.3. The van der Waals surface area contributed by atoms with Crippen LogP contribution in [0.5, 0.6) is 0 Å². The van der Waals surface area contributed by atoms with Crippen LogP contribution in [0.25, 0.3) is 0 Å². The number of amides is 3. The van der Waals surface area contributed by atoms with Crippen LogP contribution in [-0.2, 0) is 62.0 Å². The molecule has 2 bridgehead atoms. The van der Waals surface area contributed by atoms with Gasteiger partial charge in [0.15, 0.2) is 23.3 Å². The molecule has 11 atom stereocenters. The zero-order valence-corrected chi connectivity index (χ0v) is 49.9. The molecule has 2 aliphatic heterocycles. The number of nitrogens with one attached hydrogen (secondary N) is 1. The summed E-state index contributed by atoms with van der Waals surface area (Å²) < 4.78 is 37.4. The number of Topliss-reactive ketones (excluding diaryl/α,β-unsaturated/α-hetero) is 2. The van der Waals surface area contributed by atoms with Crippen molar-refractivity contribution in [1.82, 2.24) is 10.3 Å². The Kier molecular flexibility index (Phi) is 18.7. The average molecular weight is 1210 g/mol. The van der Waals surface area contributed by atoms with Gasteiger partial charge < -0.3 is 38.6 Å². The van der Waals surface area contributed by atoms with Gasteiger partial charge in [-0.05, 0) is 80.2 Å². The zero-order valence-electron chi connectivity index (χ0n) is 49.9. The van der Waals surface area contributed by atoms with E-state index in [4.69, 9.17) is 28.4 Å². The van der Waals surface area contributed by atoms with E-state index in [-0.39, 0.29) is 71.6 Å². The first-order chi connectivity index (χ1) is 41.8. The minimum absolute atomic E-state index is 0.0257. The SMILES string of the molecule is CC(=O)O[C@@H]1C(=O)[C@]2(C)C(C(OC(=O)c3ccccc3)[C@@]3(O)C[C@@H](OC(=O)[C@@H](OC(=O)c4ccc(/C(C)=N/NC(=O)CCCCCN5C(=O)C=CC5=O)cc4)[C@H](CC(=O)c4ccccc4)c4ccccc4)C(C)=C1C3(C)C)[C@@]1(OC(C)=O)CO[C@H]1C[C@H]2O. The number of hydrogen-bond donors (Lipinski definition) is 3. The topological polar surface area (TPSA) is 294 Å². The lowest BCUT2D eigenvalue weighted by Gasteiger charge is -2.67. The second-order valence-electron chi connectivity index (χ2n) is 23.8. The normalized spacial score (nSPS) is 26.8. The summed E-state index contributed by atoms with van der Waals surface area (Å²) in [5, 5.41) is 30.7. The van der Waals surface area contributed by atoms with Crippen molar-refractivity contribution in [3.63, 3.8) is 0 Å². The van der Waals surface area contributed by atoms with E-state index >= 15 is 9.59 Å². The van der Waals surface area contributed by atoms with Crippen molar-refractivity contribution in [2.75, 3.05) is 13.2 Å². The van der Waals surface area contributed by atoms with Crippen LogP contribution in [0.2, 0.25) is 0 Å². The van der Waals surface area contributed by atoms with Crippen molar-refractivity contribution < 1.29 is 86.6 Å². The Labute approximate surface area is 508 Å². The molecule has 3 N–H and O–H groups in total. The predicted molar refractivity (Wildman–Crippen MR) is 313 cm³/mol. The Morgan fingerprint density at radius 3 is 1.91 bits per heavy atom. The number of aliphatic hydroxyl groups is 2. The molecule has 2 unspecified atom stereocenters. The number of imide groups is 1. The summed E-state index contributed by atoms with van der Waals surface area (Å²) in [6.45, 7) is 9.70. The lowest BCUT2D eigenvalue weighted by Crippen LogP contribution is -2.82. The number of esters is 5. The lowest BCUT2D eigenvalue weighted by molar-refractivity contribution is -0.346. The fourth-order valence-corrected chi connectivity index (χ4v) is 13.2. The number of nitrogens with zero attached hydrogens (tertiary/aromatic N) is 2. The molecule has 3 aliphatic carbocycles. The van der Waals surface area contributed by atoms with Crippen molar-refractivity contribution in [3.8, 4) is 0 Å². The van der Waals surface area contributed by atoms with E-state index in [1.807, 2.05) is 0 Å². The van der Waals surface area contributed by atoms with E-state index in [9.17, 15) is 48.6 Å². The molecule has 3 fully saturated rings. The third-order valence-corrected chi connectivity index (χ3v) is 18.1. The number of benzene rings is 4. The van der Waals surface area contributed by atoms with E-state index in [1.165, 1.54) is 50.3 Å². The third-order valence-electron chi connectivity index (χ3n) is 18.1.